The van der Waals surface area contributed by atoms with Crippen molar-refractivity contribution in [1.82, 2.24) is 4.57 Å². The van der Waals surface area contributed by atoms with Crippen molar-refractivity contribution in [2.45, 2.75) is 0 Å². The first-order valence-electron chi connectivity index (χ1n) is 5.10. The molecule has 0 aliphatic rings. The van der Waals surface area contributed by atoms with Gasteiger partial charge in [0.15, 0.2) is 0 Å². The van der Waals surface area contributed by atoms with Crippen LogP contribution in [-0.2, 0) is 7.05 Å². The Balaban J connectivity index is 2.12. The molecule has 3 aromatic rings. The van der Waals surface area contributed by atoms with E-state index in [2.05, 4.69) is 57.9 Å². The molecule has 0 spiro atoms. The first-order chi connectivity index (χ1) is 7.86. The van der Waals surface area contributed by atoms with Gasteiger partial charge in [0.25, 0.3) is 0 Å². The van der Waals surface area contributed by atoms with Crippen LogP contribution < -0.4 is 0 Å². The summed E-state index contributed by atoms with van der Waals surface area (Å²) in [6.07, 6.45) is 0. The van der Waals surface area contributed by atoms with Crippen LogP contribution in [0.1, 0.15) is 0 Å². The Hall–Kier alpha value is -0.721. The van der Waals surface area contributed by atoms with E-state index in [1.54, 1.807) is 0 Å². The van der Waals surface area contributed by atoms with Gasteiger partial charge in [-0.2, -0.15) is 0 Å². The molecule has 0 saturated heterocycles. The Morgan fingerprint density at radius 2 is 1.31 bits per heavy atom. The number of hydrogen-bond donors (Lipinski definition) is 0. The molecule has 0 atom stereocenters. The summed E-state index contributed by atoms with van der Waals surface area (Å²) < 4.78 is 5.31. The average Bonchev–Trinajstić information content (AvgIpc) is 2.96. The first kappa shape index (κ1) is 10.4. The molecule has 0 bridgehead atoms. The molecule has 80 valence electrons. The Morgan fingerprint density at radius 3 is 1.69 bits per heavy atom. The van der Waals surface area contributed by atoms with Crippen LogP contribution >= 0.6 is 0 Å². The van der Waals surface area contributed by atoms with Crippen LogP contribution in [0.4, 0.5) is 0 Å². The second-order valence-corrected chi connectivity index (χ2v) is 7.59. The van der Waals surface area contributed by atoms with E-state index < -0.39 is 0 Å². The second kappa shape index (κ2) is 4.27. The van der Waals surface area contributed by atoms with Crippen molar-refractivity contribution in [3.63, 3.8) is 0 Å². The summed E-state index contributed by atoms with van der Waals surface area (Å²) in [5.41, 5.74) is 2.76. The molecule has 0 fully saturated rings. The van der Waals surface area contributed by atoms with Crippen molar-refractivity contribution >= 4 is 29.0 Å². The van der Waals surface area contributed by atoms with Gasteiger partial charge in [-0.25, -0.2) is 0 Å². The zero-order valence-corrected chi connectivity index (χ0v) is 12.3. The van der Waals surface area contributed by atoms with E-state index in [1.807, 2.05) is 0 Å². The molecule has 0 unspecified atom stereocenters. The molecular weight excluding hydrogens is 328 g/mol. The van der Waals surface area contributed by atoms with Crippen LogP contribution in [0, 0.1) is 0 Å². The van der Waals surface area contributed by atoms with E-state index in [0.29, 0.717) is 29.0 Å². The van der Waals surface area contributed by atoms with E-state index in [4.69, 9.17) is 0 Å². The SMILES string of the molecule is Cn1c(-c2ccc[se]2)ccc1-c1ccc[se]1. The number of hydrogen-bond acceptors (Lipinski definition) is 0. The molecule has 0 radical (unpaired) electrons. The Bertz CT molecular complexity index is 522. The van der Waals surface area contributed by atoms with Gasteiger partial charge in [0.2, 0.25) is 0 Å². The fraction of sp³-hybridized carbons (Fsp3) is 0.0769. The van der Waals surface area contributed by atoms with Crippen LogP contribution in [0.15, 0.2) is 46.3 Å². The summed E-state index contributed by atoms with van der Waals surface area (Å²) >= 11 is 1.05. The third kappa shape index (κ3) is 1.70. The molecule has 3 heterocycles. The van der Waals surface area contributed by atoms with Crippen molar-refractivity contribution in [2.24, 2.45) is 7.05 Å². The molecule has 3 rings (SSSR count). The standard InChI is InChI=1S/C13H11NSe2/c1-14-10(12-4-2-8-15-12)6-7-11(14)13-5-3-9-16-13/h2-9H,1H3. The van der Waals surface area contributed by atoms with Crippen molar-refractivity contribution in [3.8, 4) is 20.3 Å². The van der Waals surface area contributed by atoms with Crippen molar-refractivity contribution in [1.29, 1.82) is 0 Å². The Labute approximate surface area is 107 Å². The third-order valence-corrected chi connectivity index (χ3v) is 6.41. The summed E-state index contributed by atoms with van der Waals surface area (Å²) in [4.78, 5) is 4.55. The Kier molecular flexibility index (Phi) is 2.79. The van der Waals surface area contributed by atoms with E-state index in [0.717, 1.165) is 0 Å². The second-order valence-electron chi connectivity index (χ2n) is 3.62. The summed E-state index contributed by atoms with van der Waals surface area (Å²) in [6, 6.07) is 13.3. The zero-order valence-electron chi connectivity index (χ0n) is 8.88. The summed E-state index contributed by atoms with van der Waals surface area (Å²) in [6.45, 7) is 0. The van der Waals surface area contributed by atoms with E-state index in [9.17, 15) is 0 Å². The fourth-order valence-corrected chi connectivity index (χ4v) is 5.16. The molecule has 0 aromatic carbocycles. The Morgan fingerprint density at radius 1 is 0.812 bits per heavy atom. The molecule has 3 heteroatoms. The van der Waals surface area contributed by atoms with Crippen molar-refractivity contribution in [2.75, 3.05) is 0 Å². The zero-order chi connectivity index (χ0) is 11.0. The molecule has 0 N–H and O–H groups in total. The van der Waals surface area contributed by atoms with Crippen LogP contribution in [0.3, 0.4) is 0 Å². The monoisotopic (exact) mass is 341 g/mol. The minimum atomic E-state index is 0.525. The summed E-state index contributed by atoms with van der Waals surface area (Å²) in [7, 11) is 2.18. The quantitative estimate of drug-likeness (QED) is 0.632. The topological polar surface area (TPSA) is 4.93 Å². The number of nitrogens with zero attached hydrogens (tertiary/aromatic N) is 1. The van der Waals surface area contributed by atoms with Gasteiger partial charge in [0, 0.05) is 0 Å². The summed E-state index contributed by atoms with van der Waals surface area (Å²) in [5.74, 6) is 0. The molecule has 0 saturated carbocycles. The molecule has 16 heavy (non-hydrogen) atoms. The van der Waals surface area contributed by atoms with Gasteiger partial charge in [-0.15, -0.1) is 0 Å². The van der Waals surface area contributed by atoms with Crippen molar-refractivity contribution in [3.05, 3.63) is 46.3 Å². The van der Waals surface area contributed by atoms with E-state index in [1.165, 1.54) is 20.3 Å². The van der Waals surface area contributed by atoms with Gasteiger partial charge in [0.1, 0.15) is 0 Å². The van der Waals surface area contributed by atoms with Crippen LogP contribution in [0.25, 0.3) is 20.3 Å². The molecule has 0 aliphatic carbocycles. The average molecular weight is 339 g/mol. The molecule has 0 aliphatic heterocycles. The maximum atomic E-state index is 2.33. The fourth-order valence-electron chi connectivity index (χ4n) is 1.85. The van der Waals surface area contributed by atoms with E-state index >= 15 is 0 Å². The van der Waals surface area contributed by atoms with E-state index in [-0.39, 0.29) is 0 Å². The van der Waals surface area contributed by atoms with Crippen LogP contribution in [0.5, 0.6) is 0 Å². The van der Waals surface area contributed by atoms with Gasteiger partial charge in [-0.05, 0) is 0 Å². The van der Waals surface area contributed by atoms with Gasteiger partial charge in [-0.1, -0.05) is 0 Å². The normalized spacial score (nSPS) is 10.8. The number of rotatable bonds is 2. The minimum absolute atomic E-state index is 0.525. The molecule has 0 amide bonds. The predicted octanol–water partition coefficient (Wildman–Crippen LogP) is 2.47. The molecular formula is C13H11NSe2. The predicted molar refractivity (Wildman–Crippen MR) is 70.2 cm³/mol. The van der Waals surface area contributed by atoms with Gasteiger partial charge in [0.05, 0.1) is 0 Å². The molecule has 1 nitrogen and oxygen atoms in total. The maximum absolute atomic E-state index is 2.33. The van der Waals surface area contributed by atoms with Crippen LogP contribution in [-0.4, -0.2) is 33.6 Å². The summed E-state index contributed by atoms with van der Waals surface area (Å²) in [5, 5.41) is 0. The van der Waals surface area contributed by atoms with Gasteiger partial charge >= 0.3 is 107 Å². The van der Waals surface area contributed by atoms with Gasteiger partial charge in [-0.3, -0.25) is 0 Å². The molecule has 3 aromatic heterocycles. The van der Waals surface area contributed by atoms with Crippen LogP contribution in [0.2, 0.25) is 0 Å². The third-order valence-electron chi connectivity index (χ3n) is 2.67. The number of aromatic nitrogens is 1. The first-order valence-corrected chi connectivity index (χ1v) is 8.79. The van der Waals surface area contributed by atoms with Gasteiger partial charge < -0.3 is 0 Å². The van der Waals surface area contributed by atoms with Crippen molar-refractivity contribution < 1.29 is 0 Å².